The fraction of sp³-hybridized carbons (Fsp3) is 0.929. The van der Waals surface area contributed by atoms with E-state index in [1.54, 1.807) is 0 Å². The lowest BCUT2D eigenvalue weighted by atomic mass is 10.00. The van der Waals surface area contributed by atoms with E-state index < -0.39 is 0 Å². The van der Waals surface area contributed by atoms with E-state index in [0.717, 1.165) is 19.1 Å². The number of unbranched alkanes of at least 4 members (excludes halogenated alkanes) is 3. The highest BCUT2D eigenvalue weighted by atomic mass is 16.7. The van der Waals surface area contributed by atoms with Crippen LogP contribution in [0, 0.1) is 5.92 Å². The second-order valence-electron chi connectivity index (χ2n) is 4.54. The summed E-state index contributed by atoms with van der Waals surface area (Å²) in [6.07, 6.45) is 6.50. The van der Waals surface area contributed by atoms with Crippen LogP contribution in [0.15, 0.2) is 0 Å². The van der Waals surface area contributed by atoms with Crippen LogP contribution in [0.1, 0.15) is 59.8 Å². The second-order valence-corrected chi connectivity index (χ2v) is 4.54. The predicted octanol–water partition coefficient (Wildman–Crippen LogP) is 3.56. The molecule has 0 radical (unpaired) electrons. The van der Waals surface area contributed by atoms with Gasteiger partial charge in [0.1, 0.15) is 6.29 Å². The summed E-state index contributed by atoms with van der Waals surface area (Å²) in [5.41, 5.74) is 0. The molecule has 0 aromatic carbocycles. The maximum Gasteiger partial charge on any atom is 0.155 e. The molecule has 0 aliphatic rings. The zero-order valence-electron chi connectivity index (χ0n) is 11.8. The van der Waals surface area contributed by atoms with Gasteiger partial charge in [-0.1, -0.05) is 39.5 Å². The average Bonchev–Trinajstić information content (AvgIpc) is 2.32. The fourth-order valence-electron chi connectivity index (χ4n) is 1.83. The van der Waals surface area contributed by atoms with Crippen molar-refractivity contribution in [3.05, 3.63) is 0 Å². The van der Waals surface area contributed by atoms with Crippen molar-refractivity contribution in [3.63, 3.8) is 0 Å². The minimum Gasteiger partial charge on any atom is -0.353 e. The zero-order chi connectivity index (χ0) is 13.1. The normalized spacial score (nSPS) is 16.5. The molecule has 0 bridgehead atoms. The highest BCUT2D eigenvalue weighted by Crippen LogP contribution is 2.17. The molecule has 0 spiro atoms. The van der Waals surface area contributed by atoms with Gasteiger partial charge in [-0.2, -0.15) is 0 Å². The fourth-order valence-corrected chi connectivity index (χ4v) is 1.83. The Balaban J connectivity index is 4.00. The Morgan fingerprint density at radius 1 is 1.12 bits per heavy atom. The first kappa shape index (κ1) is 16.6. The number of hydrogen-bond donors (Lipinski definition) is 0. The summed E-state index contributed by atoms with van der Waals surface area (Å²) in [6, 6.07) is 0. The van der Waals surface area contributed by atoms with Gasteiger partial charge in [0.15, 0.2) is 6.29 Å². The number of hydrogen-bond acceptors (Lipinski definition) is 3. The monoisotopic (exact) mass is 244 g/mol. The van der Waals surface area contributed by atoms with E-state index in [1.807, 2.05) is 20.8 Å². The van der Waals surface area contributed by atoms with Gasteiger partial charge in [-0.05, 0) is 20.3 Å². The van der Waals surface area contributed by atoms with Crippen LogP contribution in [0.2, 0.25) is 0 Å². The van der Waals surface area contributed by atoms with Crippen molar-refractivity contribution in [3.8, 4) is 0 Å². The van der Waals surface area contributed by atoms with Gasteiger partial charge in [0.25, 0.3) is 0 Å². The molecule has 17 heavy (non-hydrogen) atoms. The van der Waals surface area contributed by atoms with Gasteiger partial charge in [-0.15, -0.1) is 0 Å². The molecule has 0 amide bonds. The van der Waals surface area contributed by atoms with Crippen LogP contribution < -0.4 is 0 Å². The van der Waals surface area contributed by atoms with E-state index in [1.165, 1.54) is 19.3 Å². The number of rotatable bonds is 11. The van der Waals surface area contributed by atoms with Gasteiger partial charge in [0.2, 0.25) is 0 Å². The summed E-state index contributed by atoms with van der Waals surface area (Å²) in [4.78, 5) is 10.9. The SMILES string of the molecule is CCCCCC[C@H](OC(C)OCC)[C@H](C)C=O. The molecule has 3 nitrogen and oxygen atoms in total. The van der Waals surface area contributed by atoms with E-state index in [2.05, 4.69) is 6.92 Å². The molecular weight excluding hydrogens is 216 g/mol. The number of aldehydes is 1. The first-order valence-electron chi connectivity index (χ1n) is 6.88. The van der Waals surface area contributed by atoms with Crippen LogP contribution in [-0.2, 0) is 14.3 Å². The molecule has 102 valence electrons. The highest BCUT2D eigenvalue weighted by Gasteiger charge is 2.19. The molecule has 1 unspecified atom stereocenters. The number of carbonyl (C=O) groups is 1. The Bertz CT molecular complexity index is 182. The van der Waals surface area contributed by atoms with Crippen molar-refractivity contribution in [2.45, 2.75) is 72.2 Å². The molecule has 0 saturated carbocycles. The van der Waals surface area contributed by atoms with Crippen LogP contribution in [0.5, 0.6) is 0 Å². The standard InChI is InChI=1S/C14H28O3/c1-5-7-8-9-10-14(12(3)11-15)17-13(4)16-6-2/h11-14H,5-10H2,1-4H3/t12-,13?,14+/m1/s1. The quantitative estimate of drug-likeness (QED) is 0.317. The molecule has 3 atom stereocenters. The van der Waals surface area contributed by atoms with Gasteiger partial charge in [0, 0.05) is 12.5 Å². The lowest BCUT2D eigenvalue weighted by molar-refractivity contribution is -0.170. The van der Waals surface area contributed by atoms with Gasteiger partial charge < -0.3 is 14.3 Å². The van der Waals surface area contributed by atoms with E-state index in [0.29, 0.717) is 6.61 Å². The largest absolute Gasteiger partial charge is 0.353 e. The molecule has 0 fully saturated rings. The van der Waals surface area contributed by atoms with Gasteiger partial charge in [0.05, 0.1) is 6.10 Å². The molecule has 0 aliphatic heterocycles. The Morgan fingerprint density at radius 2 is 1.82 bits per heavy atom. The first-order chi connectivity index (χ1) is 8.15. The topological polar surface area (TPSA) is 35.5 Å². The molecule has 0 rings (SSSR count). The summed E-state index contributed by atoms with van der Waals surface area (Å²) < 4.78 is 11.1. The number of ether oxygens (including phenoxy) is 2. The van der Waals surface area contributed by atoms with Crippen molar-refractivity contribution in [2.24, 2.45) is 5.92 Å². The van der Waals surface area contributed by atoms with Gasteiger partial charge in [-0.3, -0.25) is 0 Å². The number of carbonyl (C=O) groups excluding carboxylic acids is 1. The molecule has 0 heterocycles. The smallest absolute Gasteiger partial charge is 0.155 e. The Labute approximate surface area is 106 Å². The average molecular weight is 244 g/mol. The summed E-state index contributed by atoms with van der Waals surface area (Å²) >= 11 is 0. The molecule has 0 aromatic rings. The first-order valence-corrected chi connectivity index (χ1v) is 6.88. The van der Waals surface area contributed by atoms with E-state index in [9.17, 15) is 4.79 Å². The zero-order valence-corrected chi connectivity index (χ0v) is 11.8. The molecule has 3 heteroatoms. The molecule has 0 aliphatic carbocycles. The highest BCUT2D eigenvalue weighted by molar-refractivity contribution is 5.53. The minimum absolute atomic E-state index is 0.00842. The van der Waals surface area contributed by atoms with Gasteiger partial charge >= 0.3 is 0 Å². The second kappa shape index (κ2) is 10.7. The third-order valence-electron chi connectivity index (χ3n) is 2.91. The summed E-state index contributed by atoms with van der Waals surface area (Å²) in [5, 5.41) is 0. The van der Waals surface area contributed by atoms with Crippen LogP contribution in [-0.4, -0.2) is 25.3 Å². The summed E-state index contributed by atoms with van der Waals surface area (Å²) in [5.74, 6) is -0.0560. The lowest BCUT2D eigenvalue weighted by Crippen LogP contribution is -2.28. The van der Waals surface area contributed by atoms with Crippen molar-refractivity contribution in [1.82, 2.24) is 0 Å². The van der Waals surface area contributed by atoms with Crippen LogP contribution in [0.4, 0.5) is 0 Å². The minimum atomic E-state index is -0.224. The summed E-state index contributed by atoms with van der Waals surface area (Å²) in [7, 11) is 0. The maximum absolute atomic E-state index is 10.9. The Kier molecular flexibility index (Phi) is 10.5. The van der Waals surface area contributed by atoms with E-state index in [4.69, 9.17) is 9.47 Å². The van der Waals surface area contributed by atoms with E-state index in [-0.39, 0.29) is 18.3 Å². The van der Waals surface area contributed by atoms with Crippen LogP contribution in [0.3, 0.4) is 0 Å². The van der Waals surface area contributed by atoms with Crippen molar-refractivity contribution < 1.29 is 14.3 Å². The van der Waals surface area contributed by atoms with Crippen LogP contribution >= 0.6 is 0 Å². The van der Waals surface area contributed by atoms with Crippen molar-refractivity contribution in [1.29, 1.82) is 0 Å². The molecule has 0 aromatic heterocycles. The lowest BCUT2D eigenvalue weighted by Gasteiger charge is -2.24. The van der Waals surface area contributed by atoms with Crippen LogP contribution in [0.25, 0.3) is 0 Å². The third kappa shape index (κ3) is 8.33. The van der Waals surface area contributed by atoms with Gasteiger partial charge in [-0.25, -0.2) is 0 Å². The summed E-state index contributed by atoms with van der Waals surface area (Å²) in [6.45, 7) is 8.58. The molecule has 0 saturated heterocycles. The maximum atomic E-state index is 10.9. The molecular formula is C14H28O3. The Morgan fingerprint density at radius 3 is 2.35 bits per heavy atom. The predicted molar refractivity (Wildman–Crippen MR) is 69.9 cm³/mol. The third-order valence-corrected chi connectivity index (χ3v) is 2.91. The van der Waals surface area contributed by atoms with Crippen molar-refractivity contribution in [2.75, 3.05) is 6.61 Å². The van der Waals surface area contributed by atoms with Crippen molar-refractivity contribution >= 4 is 6.29 Å². The molecule has 0 N–H and O–H groups in total. The van der Waals surface area contributed by atoms with E-state index >= 15 is 0 Å². The Hall–Kier alpha value is -0.410.